The third-order valence-corrected chi connectivity index (χ3v) is 7.59. The summed E-state index contributed by atoms with van der Waals surface area (Å²) in [6.07, 6.45) is 7.82. The standard InChI is InChI=1S/C27H32N2O3/c1-32-25-12-8-11-19-20-15-18-28(24(20)14-13-21(19)25)16-6-2-3-7-17-29-26(30)22-9-4-5-10-23(22)27(29)31/h4-5,8-12,20,24H,2-3,6-7,13-18H2,1H3. The van der Waals surface area contributed by atoms with E-state index in [9.17, 15) is 9.59 Å². The number of nitrogens with zero attached hydrogens (tertiary/aromatic N) is 2. The van der Waals surface area contributed by atoms with Crippen molar-refractivity contribution in [2.75, 3.05) is 26.7 Å². The van der Waals surface area contributed by atoms with Crippen LogP contribution in [0.2, 0.25) is 0 Å². The molecule has 0 saturated carbocycles. The van der Waals surface area contributed by atoms with E-state index >= 15 is 0 Å². The highest BCUT2D eigenvalue weighted by atomic mass is 16.5. The lowest BCUT2D eigenvalue weighted by Crippen LogP contribution is -2.35. The van der Waals surface area contributed by atoms with Crippen LogP contribution in [0.15, 0.2) is 42.5 Å². The SMILES string of the molecule is COc1cccc2c1CCC1C2CCN1CCCCCCN1C(=O)c2ccccc2C1=O. The number of amides is 2. The molecule has 2 amide bonds. The molecular weight excluding hydrogens is 400 g/mol. The van der Waals surface area contributed by atoms with E-state index in [-0.39, 0.29) is 11.8 Å². The summed E-state index contributed by atoms with van der Waals surface area (Å²) in [7, 11) is 1.77. The van der Waals surface area contributed by atoms with Crippen LogP contribution in [-0.4, -0.2) is 54.4 Å². The van der Waals surface area contributed by atoms with Crippen LogP contribution in [0.25, 0.3) is 0 Å². The molecule has 0 spiro atoms. The maximum Gasteiger partial charge on any atom is 0.261 e. The van der Waals surface area contributed by atoms with Crippen LogP contribution < -0.4 is 4.74 Å². The smallest absolute Gasteiger partial charge is 0.261 e. The van der Waals surface area contributed by atoms with Crippen LogP contribution >= 0.6 is 0 Å². The quantitative estimate of drug-likeness (QED) is 0.450. The molecule has 0 N–H and O–H groups in total. The van der Waals surface area contributed by atoms with Crippen molar-refractivity contribution < 1.29 is 14.3 Å². The Morgan fingerprint density at radius 1 is 0.875 bits per heavy atom. The number of unbranched alkanes of at least 4 members (excludes halogenated alkanes) is 3. The fraction of sp³-hybridized carbons (Fsp3) is 0.481. The summed E-state index contributed by atoms with van der Waals surface area (Å²) in [6, 6.07) is 14.3. The fourth-order valence-corrected chi connectivity index (χ4v) is 6.00. The van der Waals surface area contributed by atoms with Gasteiger partial charge in [-0.2, -0.15) is 0 Å². The van der Waals surface area contributed by atoms with Gasteiger partial charge in [-0.15, -0.1) is 0 Å². The molecule has 0 radical (unpaired) electrons. The number of benzene rings is 2. The monoisotopic (exact) mass is 432 g/mol. The molecule has 32 heavy (non-hydrogen) atoms. The molecule has 1 aliphatic carbocycles. The third kappa shape index (κ3) is 3.73. The number of ether oxygens (including phenoxy) is 1. The minimum absolute atomic E-state index is 0.136. The first-order valence-corrected chi connectivity index (χ1v) is 12.0. The van der Waals surface area contributed by atoms with Crippen molar-refractivity contribution in [3.8, 4) is 5.75 Å². The predicted octanol–water partition coefficient (Wildman–Crippen LogP) is 4.66. The average molecular weight is 433 g/mol. The Hall–Kier alpha value is -2.66. The van der Waals surface area contributed by atoms with Gasteiger partial charge in [0.05, 0.1) is 18.2 Å². The van der Waals surface area contributed by atoms with Gasteiger partial charge in [-0.3, -0.25) is 19.4 Å². The summed E-state index contributed by atoms with van der Waals surface area (Å²) in [5.74, 6) is 1.42. The van der Waals surface area contributed by atoms with E-state index in [1.807, 2.05) is 12.1 Å². The maximum absolute atomic E-state index is 12.5. The molecule has 3 aliphatic rings. The Labute approximate surface area is 190 Å². The van der Waals surface area contributed by atoms with Gasteiger partial charge in [0.2, 0.25) is 0 Å². The molecular formula is C27H32N2O3. The second-order valence-electron chi connectivity index (χ2n) is 9.29. The number of likely N-dealkylation sites (tertiary alicyclic amines) is 1. The molecule has 1 saturated heterocycles. The summed E-state index contributed by atoms with van der Waals surface area (Å²) < 4.78 is 5.60. The van der Waals surface area contributed by atoms with Gasteiger partial charge >= 0.3 is 0 Å². The van der Waals surface area contributed by atoms with Crippen molar-refractivity contribution in [3.63, 3.8) is 0 Å². The van der Waals surface area contributed by atoms with E-state index in [0.29, 0.717) is 29.6 Å². The Morgan fingerprint density at radius 2 is 1.59 bits per heavy atom. The van der Waals surface area contributed by atoms with Gasteiger partial charge in [0.25, 0.3) is 11.8 Å². The van der Waals surface area contributed by atoms with Gasteiger partial charge in [-0.05, 0) is 74.5 Å². The first-order chi connectivity index (χ1) is 15.7. The van der Waals surface area contributed by atoms with Crippen LogP contribution in [0, 0.1) is 0 Å². The molecule has 2 aliphatic heterocycles. The van der Waals surface area contributed by atoms with Gasteiger partial charge < -0.3 is 4.74 Å². The lowest BCUT2D eigenvalue weighted by atomic mass is 9.79. The summed E-state index contributed by atoms with van der Waals surface area (Å²) in [4.78, 5) is 29.0. The van der Waals surface area contributed by atoms with Gasteiger partial charge in [0.1, 0.15) is 5.75 Å². The molecule has 2 unspecified atom stereocenters. The Morgan fingerprint density at radius 3 is 2.31 bits per heavy atom. The lowest BCUT2D eigenvalue weighted by Gasteiger charge is -2.34. The zero-order chi connectivity index (χ0) is 22.1. The minimum Gasteiger partial charge on any atom is -0.496 e. The number of carbonyl (C=O) groups is 2. The zero-order valence-corrected chi connectivity index (χ0v) is 18.9. The number of methoxy groups -OCH3 is 1. The summed E-state index contributed by atoms with van der Waals surface area (Å²) in [6.45, 7) is 2.86. The van der Waals surface area contributed by atoms with Gasteiger partial charge in [-0.1, -0.05) is 37.1 Å². The van der Waals surface area contributed by atoms with Crippen molar-refractivity contribution in [2.24, 2.45) is 0 Å². The number of carbonyl (C=O) groups excluding carboxylic acids is 2. The van der Waals surface area contributed by atoms with E-state index in [2.05, 4.69) is 23.1 Å². The molecule has 5 heteroatoms. The molecule has 0 bridgehead atoms. The summed E-state index contributed by atoms with van der Waals surface area (Å²) in [5, 5.41) is 0. The van der Waals surface area contributed by atoms with Crippen molar-refractivity contribution >= 4 is 11.8 Å². The van der Waals surface area contributed by atoms with Crippen molar-refractivity contribution in [1.82, 2.24) is 9.80 Å². The molecule has 5 nitrogen and oxygen atoms in total. The van der Waals surface area contributed by atoms with Gasteiger partial charge in [-0.25, -0.2) is 0 Å². The van der Waals surface area contributed by atoms with Crippen LogP contribution in [-0.2, 0) is 6.42 Å². The lowest BCUT2D eigenvalue weighted by molar-refractivity contribution is 0.0651. The maximum atomic E-state index is 12.5. The second-order valence-corrected chi connectivity index (χ2v) is 9.29. The van der Waals surface area contributed by atoms with Gasteiger partial charge in [0, 0.05) is 18.5 Å². The molecule has 0 aromatic heterocycles. The summed E-state index contributed by atoms with van der Waals surface area (Å²) >= 11 is 0. The van der Waals surface area contributed by atoms with Gasteiger partial charge in [0.15, 0.2) is 0 Å². The van der Waals surface area contributed by atoms with Crippen molar-refractivity contribution in [2.45, 2.75) is 56.9 Å². The second kappa shape index (κ2) is 9.07. The predicted molar refractivity (Wildman–Crippen MR) is 124 cm³/mol. The van der Waals surface area contributed by atoms with Crippen molar-refractivity contribution in [1.29, 1.82) is 0 Å². The van der Waals surface area contributed by atoms with E-state index in [0.717, 1.165) is 38.0 Å². The highest BCUT2D eigenvalue weighted by Gasteiger charge is 2.39. The Bertz CT molecular complexity index is 983. The zero-order valence-electron chi connectivity index (χ0n) is 18.9. The molecule has 2 aromatic rings. The van der Waals surface area contributed by atoms with E-state index in [1.54, 1.807) is 19.2 Å². The van der Waals surface area contributed by atoms with E-state index < -0.39 is 0 Å². The van der Waals surface area contributed by atoms with E-state index in [1.165, 1.54) is 41.8 Å². The first kappa shape index (κ1) is 21.2. The van der Waals surface area contributed by atoms with Crippen LogP contribution in [0.5, 0.6) is 5.75 Å². The average Bonchev–Trinajstić information content (AvgIpc) is 3.35. The summed E-state index contributed by atoms with van der Waals surface area (Å²) in [5.41, 5.74) is 4.02. The van der Waals surface area contributed by atoms with Crippen LogP contribution in [0.3, 0.4) is 0 Å². The van der Waals surface area contributed by atoms with Crippen LogP contribution in [0.1, 0.15) is 76.3 Å². The highest BCUT2D eigenvalue weighted by molar-refractivity contribution is 6.21. The highest BCUT2D eigenvalue weighted by Crippen LogP contribution is 2.44. The molecule has 2 atom stereocenters. The Balaban J connectivity index is 1.06. The molecule has 1 fully saturated rings. The Kier molecular flexibility index (Phi) is 6.01. The number of rotatable bonds is 8. The number of fused-ring (bicyclic) bond motifs is 4. The normalized spacial score (nSPS) is 22.1. The molecule has 2 heterocycles. The molecule has 5 rings (SSSR count). The topological polar surface area (TPSA) is 49.9 Å². The minimum atomic E-state index is -0.136. The number of imide groups is 1. The largest absolute Gasteiger partial charge is 0.496 e. The third-order valence-electron chi connectivity index (χ3n) is 7.59. The number of hydrogen-bond donors (Lipinski definition) is 0. The van der Waals surface area contributed by atoms with E-state index in [4.69, 9.17) is 4.74 Å². The molecule has 2 aromatic carbocycles. The fourth-order valence-electron chi connectivity index (χ4n) is 6.00. The molecule has 168 valence electrons. The van der Waals surface area contributed by atoms with Crippen LogP contribution in [0.4, 0.5) is 0 Å². The number of hydrogen-bond acceptors (Lipinski definition) is 4. The first-order valence-electron chi connectivity index (χ1n) is 12.0. The van der Waals surface area contributed by atoms with Crippen molar-refractivity contribution in [3.05, 3.63) is 64.7 Å².